The number of nitrogens with one attached hydrogen (secondary N) is 3. The van der Waals surface area contributed by atoms with Gasteiger partial charge in [0.15, 0.2) is 11.1 Å². The summed E-state index contributed by atoms with van der Waals surface area (Å²) in [7, 11) is 1.55. The van der Waals surface area contributed by atoms with Gasteiger partial charge in [-0.2, -0.15) is 0 Å². The number of carbonyl (C=O) groups is 3. The average Bonchev–Trinajstić information content (AvgIpc) is 3.60. The van der Waals surface area contributed by atoms with Crippen molar-refractivity contribution in [1.82, 2.24) is 25.8 Å². The number of methoxy groups -OCH3 is 1. The first kappa shape index (κ1) is 24.6. The fraction of sp³-hybridized carbons (Fsp3) is 0.241. The minimum absolute atomic E-state index is 0.132. The molecule has 198 valence electrons. The summed E-state index contributed by atoms with van der Waals surface area (Å²) >= 11 is 0. The fourth-order valence-corrected chi connectivity index (χ4v) is 5.13. The molecule has 6 rings (SSSR count). The lowest BCUT2D eigenvalue weighted by atomic mass is 9.92. The zero-order valence-corrected chi connectivity index (χ0v) is 21.3. The standard InChI is InChI=1S/C29H27N5O5/c1-38-21-8-7-20-17-34(26(35)22(20)12-21)10-9-29(27(36)32-28(37)33-29)25-13-23-24(39-25)11-19(16-31-23)15-30-14-18-5-3-2-4-6-18/h2-8,11-13,16,30H,9-10,14-15,17H2,1H3,(H2,32,33,36,37). The third-order valence-electron chi connectivity index (χ3n) is 7.24. The molecule has 1 saturated heterocycles. The lowest BCUT2D eigenvalue weighted by Gasteiger charge is -2.26. The summed E-state index contributed by atoms with van der Waals surface area (Å²) in [5, 5.41) is 8.46. The topological polar surface area (TPSA) is 126 Å². The van der Waals surface area contributed by atoms with E-state index in [0.717, 1.165) is 11.1 Å². The van der Waals surface area contributed by atoms with Gasteiger partial charge < -0.3 is 24.7 Å². The van der Waals surface area contributed by atoms with Gasteiger partial charge in [0.2, 0.25) is 0 Å². The molecule has 39 heavy (non-hydrogen) atoms. The van der Waals surface area contributed by atoms with Crippen LogP contribution in [0.15, 0.2) is 71.3 Å². The molecule has 4 aromatic rings. The number of benzene rings is 2. The molecule has 1 fully saturated rings. The quantitative estimate of drug-likeness (QED) is 0.287. The van der Waals surface area contributed by atoms with E-state index in [1.54, 1.807) is 30.3 Å². The van der Waals surface area contributed by atoms with Crippen LogP contribution in [0.4, 0.5) is 4.79 Å². The second kappa shape index (κ2) is 9.88. The van der Waals surface area contributed by atoms with Gasteiger partial charge in [-0.25, -0.2) is 4.79 Å². The maximum Gasteiger partial charge on any atom is 0.322 e. The van der Waals surface area contributed by atoms with Gasteiger partial charge in [0, 0.05) is 50.4 Å². The Morgan fingerprint density at radius 2 is 1.87 bits per heavy atom. The van der Waals surface area contributed by atoms with Crippen LogP contribution in [0.1, 0.15) is 39.2 Å². The van der Waals surface area contributed by atoms with Crippen molar-refractivity contribution in [1.29, 1.82) is 0 Å². The molecule has 3 N–H and O–H groups in total. The molecule has 2 aromatic carbocycles. The number of furan rings is 1. The summed E-state index contributed by atoms with van der Waals surface area (Å²) < 4.78 is 11.4. The maximum absolute atomic E-state index is 13.1. The summed E-state index contributed by atoms with van der Waals surface area (Å²) in [6.07, 6.45) is 1.89. The van der Waals surface area contributed by atoms with Crippen LogP contribution < -0.4 is 20.7 Å². The molecule has 0 aliphatic carbocycles. The van der Waals surface area contributed by atoms with Gasteiger partial charge in [-0.15, -0.1) is 0 Å². The third-order valence-corrected chi connectivity index (χ3v) is 7.24. The van der Waals surface area contributed by atoms with Crippen LogP contribution in [-0.4, -0.2) is 41.4 Å². The number of urea groups is 1. The Labute approximate surface area is 224 Å². The molecule has 4 amide bonds. The number of nitrogens with zero attached hydrogens (tertiary/aromatic N) is 2. The Hall–Kier alpha value is -4.70. The van der Waals surface area contributed by atoms with Gasteiger partial charge in [-0.05, 0) is 34.9 Å². The van der Waals surface area contributed by atoms with Crippen molar-refractivity contribution < 1.29 is 23.5 Å². The van der Waals surface area contributed by atoms with E-state index in [9.17, 15) is 14.4 Å². The molecular weight excluding hydrogens is 498 g/mol. The summed E-state index contributed by atoms with van der Waals surface area (Å²) in [5.74, 6) is 0.200. The average molecular weight is 526 g/mol. The minimum Gasteiger partial charge on any atom is -0.497 e. The number of carbonyl (C=O) groups excluding carboxylic acids is 3. The second-order valence-electron chi connectivity index (χ2n) is 9.74. The number of rotatable bonds is 9. The molecule has 2 aliphatic rings. The number of imide groups is 1. The maximum atomic E-state index is 13.1. The van der Waals surface area contributed by atoms with Crippen LogP contribution in [0, 0.1) is 0 Å². The Balaban J connectivity index is 1.21. The molecule has 2 aromatic heterocycles. The smallest absolute Gasteiger partial charge is 0.322 e. The van der Waals surface area contributed by atoms with E-state index < -0.39 is 17.5 Å². The summed E-state index contributed by atoms with van der Waals surface area (Å²) in [6, 6.07) is 18.4. The SMILES string of the molecule is COc1ccc2c(c1)C(=O)N(CCC1(c3cc4ncc(CNCc5ccccc5)cc4o3)NC(=O)NC1=O)C2. The molecule has 10 heteroatoms. The summed E-state index contributed by atoms with van der Waals surface area (Å²) in [4.78, 5) is 44.6. The van der Waals surface area contributed by atoms with Crippen molar-refractivity contribution in [3.63, 3.8) is 0 Å². The predicted octanol–water partition coefficient (Wildman–Crippen LogP) is 3.21. The second-order valence-corrected chi connectivity index (χ2v) is 9.74. The summed E-state index contributed by atoms with van der Waals surface area (Å²) in [6.45, 7) is 1.93. The number of amides is 4. The zero-order valence-electron chi connectivity index (χ0n) is 21.3. The Bertz CT molecular complexity index is 1580. The lowest BCUT2D eigenvalue weighted by Crippen LogP contribution is -2.46. The highest BCUT2D eigenvalue weighted by Crippen LogP contribution is 2.35. The van der Waals surface area contributed by atoms with E-state index in [1.165, 1.54) is 5.56 Å². The van der Waals surface area contributed by atoms with Crippen molar-refractivity contribution in [3.8, 4) is 5.75 Å². The fourth-order valence-electron chi connectivity index (χ4n) is 5.13. The van der Waals surface area contributed by atoms with Gasteiger partial charge in [0.25, 0.3) is 11.8 Å². The molecule has 0 bridgehead atoms. The van der Waals surface area contributed by atoms with Gasteiger partial charge in [-0.1, -0.05) is 36.4 Å². The van der Waals surface area contributed by atoms with E-state index in [2.05, 4.69) is 33.1 Å². The number of pyridine rings is 1. The van der Waals surface area contributed by atoms with Crippen molar-refractivity contribution in [2.24, 2.45) is 0 Å². The highest BCUT2D eigenvalue weighted by Gasteiger charge is 2.50. The Morgan fingerprint density at radius 3 is 2.64 bits per heavy atom. The third kappa shape index (κ3) is 4.59. The van der Waals surface area contributed by atoms with E-state index >= 15 is 0 Å². The highest BCUT2D eigenvalue weighted by atomic mass is 16.5. The first-order valence-electron chi connectivity index (χ1n) is 12.7. The molecule has 1 atom stereocenters. The van der Waals surface area contributed by atoms with Crippen molar-refractivity contribution in [2.75, 3.05) is 13.7 Å². The minimum atomic E-state index is -1.46. The van der Waals surface area contributed by atoms with Gasteiger partial charge >= 0.3 is 6.03 Å². The van der Waals surface area contributed by atoms with E-state index in [4.69, 9.17) is 9.15 Å². The molecule has 2 aliphatic heterocycles. The number of hydrogen-bond acceptors (Lipinski definition) is 7. The van der Waals surface area contributed by atoms with E-state index in [1.807, 2.05) is 36.4 Å². The molecule has 4 heterocycles. The van der Waals surface area contributed by atoms with Gasteiger partial charge in [-0.3, -0.25) is 19.9 Å². The van der Waals surface area contributed by atoms with Crippen LogP contribution >= 0.6 is 0 Å². The highest BCUT2D eigenvalue weighted by molar-refractivity contribution is 6.07. The Morgan fingerprint density at radius 1 is 1.05 bits per heavy atom. The molecule has 0 saturated carbocycles. The number of fused-ring (bicyclic) bond motifs is 2. The lowest BCUT2D eigenvalue weighted by molar-refractivity contribution is -0.125. The number of aromatic nitrogens is 1. The zero-order chi connectivity index (χ0) is 27.0. The predicted molar refractivity (Wildman–Crippen MR) is 142 cm³/mol. The molecule has 1 unspecified atom stereocenters. The number of ether oxygens (including phenoxy) is 1. The monoisotopic (exact) mass is 525 g/mol. The van der Waals surface area contributed by atoms with E-state index in [-0.39, 0.29) is 24.6 Å². The normalized spacial score (nSPS) is 18.4. The van der Waals surface area contributed by atoms with Crippen molar-refractivity contribution in [3.05, 3.63) is 94.9 Å². The molecular formula is C29H27N5O5. The molecule has 0 spiro atoms. The Kier molecular flexibility index (Phi) is 6.24. The molecule has 10 nitrogen and oxygen atoms in total. The molecule has 0 radical (unpaired) electrons. The van der Waals surface area contributed by atoms with Crippen LogP contribution in [-0.2, 0) is 30.0 Å². The van der Waals surface area contributed by atoms with Crippen LogP contribution in [0.25, 0.3) is 11.1 Å². The van der Waals surface area contributed by atoms with Crippen LogP contribution in [0.3, 0.4) is 0 Å². The largest absolute Gasteiger partial charge is 0.497 e. The van der Waals surface area contributed by atoms with Gasteiger partial charge in [0.05, 0.1) is 7.11 Å². The summed E-state index contributed by atoms with van der Waals surface area (Å²) in [5.41, 5.74) is 3.17. The van der Waals surface area contributed by atoms with Crippen LogP contribution in [0.5, 0.6) is 5.75 Å². The van der Waals surface area contributed by atoms with E-state index in [0.29, 0.717) is 42.0 Å². The van der Waals surface area contributed by atoms with Crippen molar-refractivity contribution in [2.45, 2.75) is 31.6 Å². The van der Waals surface area contributed by atoms with Crippen molar-refractivity contribution >= 4 is 28.9 Å². The van der Waals surface area contributed by atoms with Crippen LogP contribution in [0.2, 0.25) is 0 Å². The van der Waals surface area contributed by atoms with Gasteiger partial charge in [0.1, 0.15) is 17.0 Å². The first-order chi connectivity index (χ1) is 18.9. The number of hydrogen-bond donors (Lipinski definition) is 3. The first-order valence-corrected chi connectivity index (χ1v) is 12.7.